The Morgan fingerprint density at radius 3 is 2.63 bits per heavy atom. The minimum atomic E-state index is 0.0381. The second kappa shape index (κ2) is 7.77. The fourth-order valence-electron chi connectivity index (χ4n) is 3.13. The van der Waals surface area contributed by atoms with Crippen molar-refractivity contribution in [3.8, 4) is 0 Å². The monoisotopic (exact) mass is 369 g/mol. The molecule has 0 radical (unpaired) electrons. The summed E-state index contributed by atoms with van der Waals surface area (Å²) in [7, 11) is 1.79. The molecule has 0 amide bonds. The van der Waals surface area contributed by atoms with Crippen LogP contribution >= 0.6 is 0 Å². The predicted molar refractivity (Wildman–Crippen MR) is 108 cm³/mol. The van der Waals surface area contributed by atoms with Gasteiger partial charge < -0.3 is 19.8 Å². The van der Waals surface area contributed by atoms with Crippen LogP contribution in [0.3, 0.4) is 0 Å². The highest BCUT2D eigenvalue weighted by molar-refractivity contribution is 5.84. The Morgan fingerprint density at radius 2 is 2.00 bits per heavy atom. The van der Waals surface area contributed by atoms with Crippen LogP contribution in [0.5, 0.6) is 0 Å². The molecule has 27 heavy (non-hydrogen) atoms. The van der Waals surface area contributed by atoms with Crippen molar-refractivity contribution in [2.75, 3.05) is 17.7 Å². The van der Waals surface area contributed by atoms with E-state index in [0.29, 0.717) is 30.4 Å². The van der Waals surface area contributed by atoms with Crippen molar-refractivity contribution in [2.45, 2.75) is 53.2 Å². The molecule has 0 bridgehead atoms. The van der Waals surface area contributed by atoms with Gasteiger partial charge in [-0.15, -0.1) is 0 Å². The summed E-state index contributed by atoms with van der Waals surface area (Å²) in [5.74, 6) is 1.14. The van der Waals surface area contributed by atoms with E-state index in [1.807, 2.05) is 23.8 Å². The average Bonchev–Trinajstić information content (AvgIpc) is 3.10. The third kappa shape index (κ3) is 3.51. The molecule has 2 N–H and O–H groups in total. The van der Waals surface area contributed by atoms with Crippen LogP contribution in [0.1, 0.15) is 44.9 Å². The Labute approximate surface area is 158 Å². The Hall–Kier alpha value is -2.90. The fourth-order valence-corrected chi connectivity index (χ4v) is 3.13. The van der Waals surface area contributed by atoms with E-state index in [-0.39, 0.29) is 11.6 Å². The highest BCUT2D eigenvalue weighted by Gasteiger charge is 2.16. The number of imidazole rings is 1. The van der Waals surface area contributed by atoms with E-state index in [4.69, 9.17) is 0 Å². The summed E-state index contributed by atoms with van der Waals surface area (Å²) in [5, 5.41) is 6.31. The molecule has 0 saturated heterocycles. The van der Waals surface area contributed by atoms with Gasteiger partial charge in [0.05, 0.1) is 6.33 Å². The molecule has 0 aliphatic carbocycles. The zero-order valence-electron chi connectivity index (χ0n) is 16.6. The Kier molecular flexibility index (Phi) is 5.43. The molecule has 0 atom stereocenters. The predicted octanol–water partition coefficient (Wildman–Crippen LogP) is 2.81. The summed E-state index contributed by atoms with van der Waals surface area (Å²) < 4.78 is 3.73. The zero-order chi connectivity index (χ0) is 19.6. The molecule has 0 fully saturated rings. The van der Waals surface area contributed by atoms with Gasteiger partial charge in [0.2, 0.25) is 5.95 Å². The maximum absolute atomic E-state index is 12.7. The van der Waals surface area contributed by atoms with Crippen molar-refractivity contribution >= 4 is 22.9 Å². The quantitative estimate of drug-likeness (QED) is 0.666. The first-order chi connectivity index (χ1) is 13.0. The Morgan fingerprint density at radius 1 is 1.22 bits per heavy atom. The second-order valence-electron chi connectivity index (χ2n) is 6.68. The number of fused-ring (bicyclic) bond motifs is 1. The van der Waals surface area contributed by atoms with E-state index in [0.717, 1.165) is 23.2 Å². The van der Waals surface area contributed by atoms with Gasteiger partial charge in [-0.1, -0.05) is 6.92 Å². The number of rotatable bonds is 7. The van der Waals surface area contributed by atoms with Crippen molar-refractivity contribution < 1.29 is 0 Å². The van der Waals surface area contributed by atoms with Crippen molar-refractivity contribution in [3.63, 3.8) is 0 Å². The minimum absolute atomic E-state index is 0.0381. The lowest BCUT2D eigenvalue weighted by Gasteiger charge is -2.13. The van der Waals surface area contributed by atoms with Crippen molar-refractivity contribution in [2.24, 2.45) is 0 Å². The summed E-state index contributed by atoms with van der Waals surface area (Å²) >= 11 is 0. The molecular weight excluding hydrogens is 342 g/mol. The van der Waals surface area contributed by atoms with Crippen LogP contribution in [0.25, 0.3) is 11.2 Å². The number of nitrogens with one attached hydrogen (secondary N) is 2. The molecular formula is C19H27N7O. The van der Waals surface area contributed by atoms with Gasteiger partial charge in [-0.2, -0.15) is 9.97 Å². The van der Waals surface area contributed by atoms with Gasteiger partial charge in [-0.25, -0.2) is 4.98 Å². The molecule has 0 saturated carbocycles. The number of anilines is 2. The molecule has 0 spiro atoms. The number of hydrogen-bond acceptors (Lipinski definition) is 6. The van der Waals surface area contributed by atoms with E-state index in [2.05, 4.69) is 46.4 Å². The van der Waals surface area contributed by atoms with Crippen molar-refractivity contribution in [3.05, 3.63) is 40.1 Å². The number of pyridine rings is 1. The first kappa shape index (κ1) is 18.9. The molecule has 144 valence electrons. The van der Waals surface area contributed by atoms with Crippen molar-refractivity contribution in [1.82, 2.24) is 24.1 Å². The normalized spacial score (nSPS) is 11.3. The molecule has 0 unspecified atom stereocenters. The maximum Gasteiger partial charge on any atom is 0.255 e. The zero-order valence-corrected chi connectivity index (χ0v) is 16.6. The van der Waals surface area contributed by atoms with Crippen LogP contribution in [0.4, 0.5) is 11.8 Å². The molecule has 3 rings (SSSR count). The van der Waals surface area contributed by atoms with Gasteiger partial charge in [0.25, 0.3) is 5.56 Å². The molecule has 0 aliphatic rings. The number of nitrogens with zero attached hydrogens (tertiary/aromatic N) is 5. The third-order valence-electron chi connectivity index (χ3n) is 4.72. The van der Waals surface area contributed by atoms with Crippen LogP contribution in [-0.4, -0.2) is 31.1 Å². The van der Waals surface area contributed by atoms with Gasteiger partial charge in [-0.05, 0) is 38.8 Å². The SMILES string of the molecule is CCc1ccn(CC)c(=O)c1CNc1nc(NC)nc2c1ncn2C(C)C. The van der Waals surface area contributed by atoms with Crippen LogP contribution < -0.4 is 16.2 Å². The number of hydrogen-bond donors (Lipinski definition) is 2. The summed E-state index contributed by atoms with van der Waals surface area (Å²) in [4.78, 5) is 26.3. The summed E-state index contributed by atoms with van der Waals surface area (Å²) in [6.07, 6.45) is 4.44. The largest absolute Gasteiger partial charge is 0.364 e. The topological polar surface area (TPSA) is 89.7 Å². The van der Waals surface area contributed by atoms with E-state index in [1.54, 1.807) is 17.9 Å². The number of aromatic nitrogens is 5. The van der Waals surface area contributed by atoms with Gasteiger partial charge in [0, 0.05) is 37.9 Å². The lowest BCUT2D eigenvalue weighted by molar-refractivity contribution is 0.613. The van der Waals surface area contributed by atoms with Gasteiger partial charge in [0.15, 0.2) is 17.0 Å². The first-order valence-corrected chi connectivity index (χ1v) is 9.37. The van der Waals surface area contributed by atoms with Gasteiger partial charge >= 0.3 is 0 Å². The molecule has 0 aromatic carbocycles. The van der Waals surface area contributed by atoms with E-state index < -0.39 is 0 Å². The minimum Gasteiger partial charge on any atom is -0.364 e. The first-order valence-electron chi connectivity index (χ1n) is 9.37. The molecule has 3 aromatic rings. The lowest BCUT2D eigenvalue weighted by Crippen LogP contribution is -2.26. The summed E-state index contributed by atoms with van der Waals surface area (Å²) in [6.45, 7) is 9.24. The molecule has 0 aliphatic heterocycles. The van der Waals surface area contributed by atoms with Gasteiger partial charge in [0.1, 0.15) is 0 Å². The molecule has 3 aromatic heterocycles. The number of aryl methyl sites for hydroxylation is 2. The molecule has 8 heteroatoms. The fraction of sp³-hybridized carbons (Fsp3) is 0.474. The van der Waals surface area contributed by atoms with E-state index in [9.17, 15) is 4.79 Å². The highest BCUT2D eigenvalue weighted by Crippen LogP contribution is 2.23. The maximum atomic E-state index is 12.7. The van der Waals surface area contributed by atoms with Crippen molar-refractivity contribution in [1.29, 1.82) is 0 Å². The van der Waals surface area contributed by atoms with Crippen LogP contribution in [0.2, 0.25) is 0 Å². The lowest BCUT2D eigenvalue weighted by atomic mass is 10.1. The van der Waals surface area contributed by atoms with E-state index in [1.165, 1.54) is 0 Å². The average molecular weight is 369 g/mol. The second-order valence-corrected chi connectivity index (χ2v) is 6.68. The third-order valence-corrected chi connectivity index (χ3v) is 4.72. The van der Waals surface area contributed by atoms with Crippen LogP contribution in [0, 0.1) is 0 Å². The Balaban J connectivity index is 2.02. The molecule has 3 heterocycles. The Bertz CT molecular complexity index is 1000. The smallest absolute Gasteiger partial charge is 0.255 e. The highest BCUT2D eigenvalue weighted by atomic mass is 16.1. The molecule has 8 nitrogen and oxygen atoms in total. The van der Waals surface area contributed by atoms with Crippen LogP contribution in [-0.2, 0) is 19.5 Å². The van der Waals surface area contributed by atoms with Crippen LogP contribution in [0.15, 0.2) is 23.4 Å². The van der Waals surface area contributed by atoms with E-state index >= 15 is 0 Å². The summed E-state index contributed by atoms with van der Waals surface area (Å²) in [6, 6.07) is 2.25. The summed E-state index contributed by atoms with van der Waals surface area (Å²) in [5.41, 5.74) is 3.32. The van der Waals surface area contributed by atoms with Gasteiger partial charge in [-0.3, -0.25) is 4.79 Å². The standard InChI is InChI=1S/C19H27N7O/c1-6-13-8-9-25(7-2)18(27)14(13)10-21-16-15-17(24-19(20-5)23-16)26(11-22-15)12(3)4/h8-9,11-12H,6-7,10H2,1-5H3,(H2,20,21,23,24).